The summed E-state index contributed by atoms with van der Waals surface area (Å²) < 4.78 is 24.8. The van der Waals surface area contributed by atoms with E-state index in [9.17, 15) is 39.0 Å². The van der Waals surface area contributed by atoms with Crippen LogP contribution in [0.5, 0.6) is 21.9 Å². The molecule has 2 saturated carbocycles. The second-order valence-corrected chi connectivity index (χ2v) is 26.3. The number of hydrogen-bond acceptors (Lipinski definition) is 17. The molecule has 0 unspecified atom stereocenters. The number of hydrogen-bond donors (Lipinski definition) is 5. The minimum Gasteiger partial charge on any atom is -0.497 e. The van der Waals surface area contributed by atoms with Crippen LogP contribution in [0.3, 0.4) is 0 Å². The second-order valence-electron chi connectivity index (χ2n) is 24.3. The van der Waals surface area contributed by atoms with Gasteiger partial charge in [0.25, 0.3) is 10.4 Å². The Morgan fingerprint density at radius 2 is 1.12 bits per heavy atom. The predicted octanol–water partition coefficient (Wildman–Crippen LogP) is 9.00. The number of carbonyl (C=O) groups excluding carboxylic acids is 4. The lowest BCUT2D eigenvalue weighted by Gasteiger charge is -2.29. The number of carboxylic acid groups (broad SMARTS) is 2. The predicted molar refractivity (Wildman–Crippen MR) is 339 cm³/mol. The van der Waals surface area contributed by atoms with Crippen molar-refractivity contribution in [3.05, 3.63) is 127 Å². The summed E-state index contributed by atoms with van der Waals surface area (Å²) >= 11 is 2.87. The Balaban J connectivity index is 0.000000170. The first-order valence-electron chi connectivity index (χ1n) is 30.9. The van der Waals surface area contributed by atoms with Crippen molar-refractivity contribution in [2.75, 3.05) is 27.3 Å². The first kappa shape index (κ1) is 64.5. The molecule has 6 aromatic rings. The molecule has 2 saturated heterocycles. The van der Waals surface area contributed by atoms with Gasteiger partial charge in [-0.25, -0.2) is 9.97 Å². The number of carbonyl (C=O) groups is 6. The first-order chi connectivity index (χ1) is 43.0. The van der Waals surface area contributed by atoms with Crippen LogP contribution in [-0.2, 0) is 35.2 Å². The Morgan fingerprint density at radius 1 is 0.629 bits per heavy atom. The van der Waals surface area contributed by atoms with Crippen LogP contribution in [0.4, 0.5) is 0 Å². The van der Waals surface area contributed by atoms with Gasteiger partial charge in [-0.2, -0.15) is 0 Å². The lowest BCUT2D eigenvalue weighted by atomic mass is 9.80. The van der Waals surface area contributed by atoms with Gasteiger partial charge in [0.1, 0.15) is 23.7 Å². The maximum Gasteiger partial charge on any atom is 0.488 e. The van der Waals surface area contributed by atoms with Crippen molar-refractivity contribution in [2.45, 2.75) is 139 Å². The molecule has 22 heteroatoms. The third-order valence-corrected chi connectivity index (χ3v) is 20.1. The van der Waals surface area contributed by atoms with Crippen LogP contribution in [0, 0.1) is 28.6 Å². The number of carboxylic acids is 2. The van der Waals surface area contributed by atoms with Crippen LogP contribution in [0.25, 0.3) is 20.4 Å². The number of methoxy groups -OCH3 is 2. The molecule has 2 aliphatic carbocycles. The Kier molecular flexibility index (Phi) is 21.0. The number of nitrogens with two attached hydrogens (primary N) is 1. The van der Waals surface area contributed by atoms with Gasteiger partial charge in [-0.15, -0.1) is 0 Å². The number of benzene rings is 4. The molecule has 19 nitrogen and oxygen atoms in total. The number of fused-ring (bicyclic) bond motifs is 6. The van der Waals surface area contributed by atoms with Gasteiger partial charge in [0, 0.05) is 31.6 Å². The number of allylic oxidation sites excluding steroid dienone is 4. The number of ether oxygens (including phenoxy) is 4. The largest absolute Gasteiger partial charge is 0.497 e. The van der Waals surface area contributed by atoms with E-state index in [-0.39, 0.29) is 67.1 Å². The molecule has 0 bridgehead atoms. The number of nitrogens with zero attached hydrogens (tertiary/aromatic N) is 4. The summed E-state index contributed by atoms with van der Waals surface area (Å²) in [4.78, 5) is 92.0. The van der Waals surface area contributed by atoms with E-state index >= 15 is 0 Å². The highest BCUT2D eigenvalue weighted by Gasteiger charge is 2.62. The average Bonchev–Trinajstić information content (AvgIpc) is 2.04. The molecule has 6 aliphatic rings. The van der Waals surface area contributed by atoms with E-state index in [0.717, 1.165) is 83.1 Å². The molecule has 4 fully saturated rings. The third-order valence-electron chi connectivity index (χ3n) is 18.2. The van der Waals surface area contributed by atoms with Crippen molar-refractivity contribution in [2.24, 2.45) is 34.3 Å². The molecule has 470 valence electrons. The van der Waals surface area contributed by atoms with Crippen molar-refractivity contribution in [1.82, 2.24) is 19.8 Å². The van der Waals surface area contributed by atoms with Gasteiger partial charge in [-0.3, -0.25) is 28.8 Å². The molecule has 4 aliphatic heterocycles. The zero-order valence-corrected chi connectivity index (χ0v) is 51.9. The van der Waals surface area contributed by atoms with Gasteiger partial charge in [-0.1, -0.05) is 121 Å². The van der Waals surface area contributed by atoms with Crippen LogP contribution in [0.1, 0.15) is 108 Å². The highest BCUT2D eigenvalue weighted by atomic mass is 32.1. The maximum atomic E-state index is 14.4. The molecule has 6 N–H and O–H groups in total. The number of rotatable bonds is 11. The van der Waals surface area contributed by atoms with E-state index < -0.39 is 60.2 Å². The van der Waals surface area contributed by atoms with E-state index in [2.05, 4.69) is 16.0 Å². The number of Topliss-reactive ketones (excluding diaryl/α,β-unsaturated/α-hetero) is 2. The Hall–Kier alpha value is -7.50. The van der Waals surface area contributed by atoms with Gasteiger partial charge in [0.15, 0.2) is 11.6 Å². The first-order valence-corrected chi connectivity index (χ1v) is 32.5. The zero-order valence-electron chi connectivity index (χ0n) is 50.2. The molecular formula is C67H78BN5O14S2. The van der Waals surface area contributed by atoms with Crippen LogP contribution in [0.15, 0.2) is 121 Å². The highest BCUT2D eigenvalue weighted by Crippen LogP contribution is 2.58. The summed E-state index contributed by atoms with van der Waals surface area (Å²) in [5.41, 5.74) is 7.22. The van der Waals surface area contributed by atoms with Crippen molar-refractivity contribution < 1.29 is 68.0 Å². The second kappa shape index (κ2) is 29.0. The monoisotopic (exact) mass is 1250 g/mol. The van der Waals surface area contributed by atoms with E-state index in [0.29, 0.717) is 66.5 Å². The molecule has 0 radical (unpaired) electrons. The topological polar surface area (TPSA) is 279 Å². The Bertz CT molecular complexity index is 3510. The summed E-state index contributed by atoms with van der Waals surface area (Å²) in [6.45, 7) is 0.505. The summed E-state index contributed by atoms with van der Waals surface area (Å²) in [6.07, 6.45) is 17.8. The standard InChI is InChI=1S/C34H38N2O6S.C26H31N3O5S.C7H9BO3/c1-41-25-13-9-10-22(17-25)16-23-11-5-3-2-4-6-12-24-19-34(24,32(39)40)20-29(37)28-18-26(21-36(28)31(23)38)42-33-35-27-14-7-8-15-30(27)43-33;27-18-9-5-3-1-2-4-8-16-13-26(16,24(32)33)14-21(30)20-12-17(15-29(20)23(18)31)34-25-28-19-10-6-7-11-22(19)35-25;1-11-7-4-2-3-6(5-7)8(9)10/h6-10,12-15,17,23-24,26,28H,2-5,11,16,18-21H2,1H3,(H,39,40);4,6-8,10-11,16-18,20H,1-3,5,9,12-15,27H2,(H,32,33);2-5,9-10H,1H3/b12-6-;8-4-;/t23-,24-,26-,28+,34-;16-,17-,18+,20+,26-;/m11./s1. The summed E-state index contributed by atoms with van der Waals surface area (Å²) in [7, 11) is 1.73. The lowest BCUT2D eigenvalue weighted by molar-refractivity contribution is -0.148. The zero-order chi connectivity index (χ0) is 62.8. The number of aromatic nitrogens is 2. The molecule has 12 rings (SSSR count). The number of amides is 2. The Labute approximate surface area is 526 Å². The van der Waals surface area contributed by atoms with Crippen LogP contribution >= 0.6 is 22.7 Å². The fourth-order valence-electron chi connectivity index (χ4n) is 13.0. The molecule has 6 heterocycles. The summed E-state index contributed by atoms with van der Waals surface area (Å²) in [5.74, 6) is -1.88. The molecule has 10 atom stereocenters. The van der Waals surface area contributed by atoms with Crippen molar-refractivity contribution >= 4 is 91.0 Å². The van der Waals surface area contributed by atoms with Gasteiger partial charge >= 0.3 is 19.1 Å². The SMILES string of the molecule is COc1cccc(B(O)O)c1.COc1cccc(C[C@H]2CCCCC/C=C\[C@@H]3C[C@@]3(C(=O)O)CC(=O)[C@@H]3C[C@@H](Oc4nc5ccccc5s4)CN3C2=O)c1.N[C@H]1CCCCC/C=C\[C@@H]2C[C@@]2(C(=O)O)CC(=O)[C@@H]2C[C@@H](Oc3nc4ccccc4s3)CN2C1=O. The highest BCUT2D eigenvalue weighted by molar-refractivity contribution is 7.20. The molecule has 2 aromatic heterocycles. The number of thiazole rings is 2. The quantitative estimate of drug-likeness (QED) is 0.0597. The van der Waals surface area contributed by atoms with Gasteiger partial charge in [0.05, 0.1) is 76.7 Å². The molecule has 89 heavy (non-hydrogen) atoms. The minimum atomic E-state index is -1.43. The smallest absolute Gasteiger partial charge is 0.488 e. The van der Waals surface area contributed by atoms with Crippen LogP contribution in [0.2, 0.25) is 0 Å². The fourth-order valence-corrected chi connectivity index (χ4v) is 14.7. The van der Waals surface area contributed by atoms with Crippen LogP contribution in [-0.4, -0.2) is 140 Å². The van der Waals surface area contributed by atoms with Gasteiger partial charge in [-0.05, 0) is 129 Å². The van der Waals surface area contributed by atoms with Crippen LogP contribution < -0.4 is 30.1 Å². The molecule has 2 amide bonds. The number of ketones is 2. The molecule has 0 spiro atoms. The molecular weight excluding hydrogens is 1170 g/mol. The molecule has 4 aromatic carbocycles. The summed E-state index contributed by atoms with van der Waals surface area (Å²) in [6, 6.07) is 27.8. The third kappa shape index (κ3) is 15.6. The Morgan fingerprint density at radius 3 is 1.63 bits per heavy atom. The maximum absolute atomic E-state index is 14.4. The summed E-state index contributed by atoms with van der Waals surface area (Å²) in [5, 5.41) is 38.6. The average molecular weight is 1250 g/mol. The van der Waals surface area contributed by atoms with Crippen molar-refractivity contribution in [3.63, 3.8) is 0 Å². The van der Waals surface area contributed by atoms with Crippen molar-refractivity contribution in [1.29, 1.82) is 0 Å². The van der Waals surface area contributed by atoms with E-state index in [1.165, 1.54) is 34.7 Å². The minimum absolute atomic E-state index is 0.0683. The lowest BCUT2D eigenvalue weighted by Crippen LogP contribution is -2.49. The fraction of sp³-hybridized carbons (Fsp3) is 0.463. The van der Waals surface area contributed by atoms with E-state index in [1.54, 1.807) is 36.3 Å². The number of para-hydroxylation sites is 2. The van der Waals surface area contributed by atoms with E-state index in [1.807, 2.05) is 91.0 Å². The van der Waals surface area contributed by atoms with Gasteiger partial charge in [0.2, 0.25) is 11.8 Å². The van der Waals surface area contributed by atoms with E-state index in [4.69, 9.17) is 34.7 Å². The van der Waals surface area contributed by atoms with Crippen molar-refractivity contribution in [3.8, 4) is 21.9 Å². The normalized spacial score (nSPS) is 28.0. The van der Waals surface area contributed by atoms with Gasteiger partial charge < -0.3 is 54.7 Å². The number of aliphatic carboxylic acids is 2.